The Morgan fingerprint density at radius 2 is 2.04 bits per heavy atom. The van der Waals surface area contributed by atoms with E-state index in [1.165, 1.54) is 30.8 Å². The standard InChI is InChI=1S/C15H17F3N2O2S/c1-9(2)23-8-14(3,22)13(21)20-11-5-4-10(7-19)12(6-11)15(16,17)18/h4-6,9,22H,8H2,1-3H3,(H,20,21). The number of amides is 1. The first-order chi connectivity index (χ1) is 10.5. The molecule has 23 heavy (non-hydrogen) atoms. The van der Waals surface area contributed by atoms with Crippen LogP contribution in [-0.4, -0.2) is 27.6 Å². The van der Waals surface area contributed by atoms with Gasteiger partial charge in [-0.25, -0.2) is 0 Å². The van der Waals surface area contributed by atoms with Gasteiger partial charge < -0.3 is 10.4 Å². The molecule has 1 rings (SSSR count). The van der Waals surface area contributed by atoms with Gasteiger partial charge in [0.25, 0.3) is 5.91 Å². The van der Waals surface area contributed by atoms with Gasteiger partial charge in [-0.1, -0.05) is 13.8 Å². The van der Waals surface area contributed by atoms with Crippen molar-refractivity contribution < 1.29 is 23.1 Å². The lowest BCUT2D eigenvalue weighted by Gasteiger charge is -2.23. The Labute approximate surface area is 136 Å². The summed E-state index contributed by atoms with van der Waals surface area (Å²) >= 11 is 1.36. The van der Waals surface area contributed by atoms with Crippen molar-refractivity contribution in [2.24, 2.45) is 0 Å². The Bertz CT molecular complexity index is 622. The minimum atomic E-state index is -4.71. The molecule has 0 aromatic heterocycles. The van der Waals surface area contributed by atoms with Gasteiger partial charge in [0.15, 0.2) is 0 Å². The predicted molar refractivity (Wildman–Crippen MR) is 83.0 cm³/mol. The van der Waals surface area contributed by atoms with Gasteiger partial charge in [-0.3, -0.25) is 4.79 Å². The van der Waals surface area contributed by atoms with E-state index in [2.05, 4.69) is 5.32 Å². The minimum Gasteiger partial charge on any atom is -0.379 e. The summed E-state index contributed by atoms with van der Waals surface area (Å²) < 4.78 is 38.6. The third-order valence-electron chi connectivity index (χ3n) is 2.89. The number of nitrogens with one attached hydrogen (secondary N) is 1. The van der Waals surface area contributed by atoms with Crippen LogP contribution in [-0.2, 0) is 11.0 Å². The van der Waals surface area contributed by atoms with Gasteiger partial charge >= 0.3 is 6.18 Å². The van der Waals surface area contributed by atoms with Crippen LogP contribution >= 0.6 is 11.8 Å². The lowest BCUT2D eigenvalue weighted by atomic mass is 10.1. The number of thioether (sulfide) groups is 1. The van der Waals surface area contributed by atoms with Gasteiger partial charge in [-0.2, -0.15) is 30.2 Å². The molecule has 0 aliphatic heterocycles. The zero-order valence-corrected chi connectivity index (χ0v) is 13.7. The van der Waals surface area contributed by atoms with Gasteiger partial charge in [0.2, 0.25) is 0 Å². The number of nitriles is 1. The van der Waals surface area contributed by atoms with Crippen LogP contribution in [0.1, 0.15) is 31.9 Å². The van der Waals surface area contributed by atoms with Crippen LogP contribution in [0.15, 0.2) is 18.2 Å². The Hall–Kier alpha value is -1.72. The van der Waals surface area contributed by atoms with E-state index in [1.807, 2.05) is 13.8 Å². The third-order valence-corrected chi connectivity index (χ3v) is 4.29. The van der Waals surface area contributed by atoms with Gasteiger partial charge in [0.05, 0.1) is 17.2 Å². The first-order valence-electron chi connectivity index (χ1n) is 6.74. The van der Waals surface area contributed by atoms with Crippen LogP contribution in [0.3, 0.4) is 0 Å². The first-order valence-corrected chi connectivity index (χ1v) is 7.79. The fraction of sp³-hybridized carbons (Fsp3) is 0.467. The number of alkyl halides is 3. The smallest absolute Gasteiger partial charge is 0.379 e. The molecular formula is C15H17F3N2O2S. The maximum atomic E-state index is 12.9. The third kappa shape index (κ3) is 5.44. The number of hydrogen-bond acceptors (Lipinski definition) is 4. The minimum absolute atomic E-state index is 0.110. The second-order valence-electron chi connectivity index (χ2n) is 5.46. The van der Waals surface area contributed by atoms with E-state index < -0.39 is 28.8 Å². The lowest BCUT2D eigenvalue weighted by molar-refractivity contribution is -0.137. The van der Waals surface area contributed by atoms with Crippen LogP contribution in [0.4, 0.5) is 18.9 Å². The molecule has 0 saturated heterocycles. The second kappa shape index (κ2) is 7.23. The number of carbonyl (C=O) groups is 1. The molecule has 2 N–H and O–H groups in total. The van der Waals surface area contributed by atoms with E-state index in [4.69, 9.17) is 5.26 Å². The van der Waals surface area contributed by atoms with Crippen molar-refractivity contribution in [2.75, 3.05) is 11.1 Å². The lowest BCUT2D eigenvalue weighted by Crippen LogP contribution is -2.42. The summed E-state index contributed by atoms with van der Waals surface area (Å²) in [6.45, 7) is 5.09. The molecule has 0 radical (unpaired) electrons. The Morgan fingerprint density at radius 3 is 2.52 bits per heavy atom. The molecule has 1 aromatic carbocycles. The van der Waals surface area contributed by atoms with E-state index in [0.717, 1.165) is 6.07 Å². The average molecular weight is 346 g/mol. The van der Waals surface area contributed by atoms with E-state index in [9.17, 15) is 23.1 Å². The maximum Gasteiger partial charge on any atom is 0.417 e. The van der Waals surface area contributed by atoms with E-state index in [1.54, 1.807) is 0 Å². The number of benzene rings is 1. The highest BCUT2D eigenvalue weighted by atomic mass is 32.2. The molecule has 0 fully saturated rings. The SMILES string of the molecule is CC(C)SCC(C)(O)C(=O)Nc1ccc(C#N)c(C(F)(F)F)c1. The number of hydrogen-bond donors (Lipinski definition) is 2. The van der Waals surface area contributed by atoms with Crippen molar-refractivity contribution >= 4 is 23.4 Å². The van der Waals surface area contributed by atoms with Crippen molar-refractivity contribution in [3.63, 3.8) is 0 Å². The summed E-state index contributed by atoms with van der Waals surface area (Å²) in [7, 11) is 0. The van der Waals surface area contributed by atoms with Crippen molar-refractivity contribution in [1.29, 1.82) is 5.26 Å². The van der Waals surface area contributed by atoms with Crippen LogP contribution in [0.5, 0.6) is 0 Å². The number of rotatable bonds is 5. The molecule has 0 spiro atoms. The highest BCUT2D eigenvalue weighted by Crippen LogP contribution is 2.33. The number of aliphatic hydroxyl groups is 1. The zero-order valence-electron chi connectivity index (χ0n) is 12.9. The van der Waals surface area contributed by atoms with Gasteiger partial charge in [-0.15, -0.1) is 0 Å². The van der Waals surface area contributed by atoms with Crippen LogP contribution in [0, 0.1) is 11.3 Å². The summed E-state index contributed by atoms with van der Waals surface area (Å²) in [5, 5.41) is 21.3. The predicted octanol–water partition coefficient (Wildman–Crippen LogP) is 3.41. The molecule has 8 heteroatoms. The molecule has 1 aromatic rings. The van der Waals surface area contributed by atoms with Crippen LogP contribution in [0.2, 0.25) is 0 Å². The van der Waals surface area contributed by atoms with Gasteiger partial charge in [-0.05, 0) is 30.4 Å². The number of halogens is 3. The Kier molecular flexibility index (Phi) is 6.08. The van der Waals surface area contributed by atoms with E-state index in [-0.39, 0.29) is 16.7 Å². The number of anilines is 1. The zero-order chi connectivity index (χ0) is 17.8. The number of carbonyl (C=O) groups excluding carboxylic acids is 1. The molecule has 1 atom stereocenters. The van der Waals surface area contributed by atoms with E-state index >= 15 is 0 Å². The van der Waals surface area contributed by atoms with E-state index in [0.29, 0.717) is 6.07 Å². The summed E-state index contributed by atoms with van der Waals surface area (Å²) in [5.41, 5.74) is -3.51. The van der Waals surface area contributed by atoms with Gasteiger partial charge in [0.1, 0.15) is 5.60 Å². The number of nitrogens with zero attached hydrogens (tertiary/aromatic N) is 1. The summed E-state index contributed by atoms with van der Waals surface area (Å²) in [5.74, 6) is -0.692. The van der Waals surface area contributed by atoms with Gasteiger partial charge in [0, 0.05) is 11.4 Å². The molecular weight excluding hydrogens is 329 g/mol. The van der Waals surface area contributed by atoms with Crippen molar-refractivity contribution in [2.45, 2.75) is 37.8 Å². The molecule has 0 aliphatic rings. The molecule has 0 aliphatic carbocycles. The average Bonchev–Trinajstić information content (AvgIpc) is 2.44. The van der Waals surface area contributed by atoms with Crippen LogP contribution < -0.4 is 5.32 Å². The maximum absolute atomic E-state index is 12.9. The van der Waals surface area contributed by atoms with Crippen molar-refractivity contribution in [3.05, 3.63) is 29.3 Å². The fourth-order valence-electron chi connectivity index (χ4n) is 1.61. The highest BCUT2D eigenvalue weighted by Gasteiger charge is 2.35. The molecule has 0 bridgehead atoms. The quantitative estimate of drug-likeness (QED) is 0.857. The highest BCUT2D eigenvalue weighted by molar-refractivity contribution is 7.99. The normalized spacial score (nSPS) is 14.2. The summed E-state index contributed by atoms with van der Waals surface area (Å²) in [6, 6.07) is 4.32. The van der Waals surface area contributed by atoms with Crippen LogP contribution in [0.25, 0.3) is 0 Å². The summed E-state index contributed by atoms with van der Waals surface area (Å²) in [6.07, 6.45) is -4.71. The molecule has 0 heterocycles. The molecule has 126 valence electrons. The van der Waals surface area contributed by atoms with Crippen molar-refractivity contribution in [3.8, 4) is 6.07 Å². The summed E-state index contributed by atoms with van der Waals surface area (Å²) in [4.78, 5) is 12.0. The molecule has 0 saturated carbocycles. The topological polar surface area (TPSA) is 73.1 Å². The molecule has 1 unspecified atom stereocenters. The largest absolute Gasteiger partial charge is 0.417 e. The monoisotopic (exact) mass is 346 g/mol. The second-order valence-corrected chi connectivity index (χ2v) is 7.02. The first kappa shape index (κ1) is 19.3. The Morgan fingerprint density at radius 1 is 1.43 bits per heavy atom. The van der Waals surface area contributed by atoms with Crippen molar-refractivity contribution in [1.82, 2.24) is 0 Å². The molecule has 4 nitrogen and oxygen atoms in total. The molecule has 1 amide bonds. The fourth-order valence-corrected chi connectivity index (χ4v) is 2.40. The Balaban J connectivity index is 2.97.